The summed E-state index contributed by atoms with van der Waals surface area (Å²) in [6.07, 6.45) is 0.145. The third-order valence-corrected chi connectivity index (χ3v) is 4.68. The number of benzene rings is 2. The van der Waals surface area contributed by atoms with Gasteiger partial charge in [-0.15, -0.1) is 0 Å². The first-order chi connectivity index (χ1) is 11.5. The summed E-state index contributed by atoms with van der Waals surface area (Å²) in [5, 5.41) is 12.3. The second-order valence-electron chi connectivity index (χ2n) is 5.70. The number of fused-ring (bicyclic) bond motifs is 1. The first kappa shape index (κ1) is 16.5. The van der Waals surface area contributed by atoms with Crippen molar-refractivity contribution in [2.45, 2.75) is 25.0 Å². The lowest BCUT2D eigenvalue weighted by molar-refractivity contribution is -0.145. The van der Waals surface area contributed by atoms with Crippen LogP contribution in [0.4, 0.5) is 4.79 Å². The number of hydrogen-bond donors (Lipinski definition) is 2. The maximum absolute atomic E-state index is 12.2. The smallest absolute Gasteiger partial charge is 0.408 e. The summed E-state index contributed by atoms with van der Waals surface area (Å²) >= 11 is 3.38. The molecule has 1 atom stereocenters. The SMILES string of the molecule is O=C(NC1(C(=O)O)CCc2cc(Br)ccc21)OCc1ccccc1. The molecule has 0 saturated heterocycles. The third kappa shape index (κ3) is 3.14. The zero-order chi connectivity index (χ0) is 17.2. The van der Waals surface area contributed by atoms with Crippen LogP contribution in [0.3, 0.4) is 0 Å². The van der Waals surface area contributed by atoms with Crippen molar-refractivity contribution in [3.8, 4) is 0 Å². The van der Waals surface area contributed by atoms with Crippen LogP contribution < -0.4 is 5.32 Å². The van der Waals surface area contributed by atoms with E-state index in [1.54, 1.807) is 12.1 Å². The summed E-state index contributed by atoms with van der Waals surface area (Å²) in [6.45, 7) is 0.0928. The van der Waals surface area contributed by atoms with Crippen LogP contribution >= 0.6 is 15.9 Å². The number of nitrogens with one attached hydrogen (secondary N) is 1. The average molecular weight is 390 g/mol. The van der Waals surface area contributed by atoms with Gasteiger partial charge in [-0.3, -0.25) is 0 Å². The maximum Gasteiger partial charge on any atom is 0.408 e. The number of carboxylic acid groups (broad SMARTS) is 1. The Morgan fingerprint density at radius 2 is 1.96 bits per heavy atom. The number of ether oxygens (including phenoxy) is 1. The Hall–Kier alpha value is -2.34. The second-order valence-corrected chi connectivity index (χ2v) is 6.61. The molecule has 1 aliphatic rings. The summed E-state index contributed by atoms with van der Waals surface area (Å²) in [6, 6.07) is 14.6. The Kier molecular flexibility index (Phi) is 4.57. The first-order valence-electron chi connectivity index (χ1n) is 7.52. The van der Waals surface area contributed by atoms with Crippen LogP contribution in [0.15, 0.2) is 53.0 Å². The molecule has 3 rings (SSSR count). The van der Waals surface area contributed by atoms with Crippen molar-refractivity contribution in [1.29, 1.82) is 0 Å². The number of alkyl carbamates (subject to hydrolysis) is 1. The number of hydrogen-bond acceptors (Lipinski definition) is 3. The Morgan fingerprint density at radius 3 is 2.67 bits per heavy atom. The predicted octanol–water partition coefficient (Wildman–Crippen LogP) is 3.60. The van der Waals surface area contributed by atoms with Gasteiger partial charge in [0.1, 0.15) is 6.61 Å². The molecule has 2 aromatic rings. The van der Waals surface area contributed by atoms with Crippen LogP contribution in [0.1, 0.15) is 23.1 Å². The Morgan fingerprint density at radius 1 is 1.21 bits per heavy atom. The molecule has 0 aliphatic heterocycles. The van der Waals surface area contributed by atoms with Crippen molar-refractivity contribution in [2.75, 3.05) is 0 Å². The molecule has 0 saturated carbocycles. The molecule has 5 nitrogen and oxygen atoms in total. The van der Waals surface area contributed by atoms with Gasteiger partial charge in [-0.2, -0.15) is 0 Å². The zero-order valence-electron chi connectivity index (χ0n) is 12.8. The highest BCUT2D eigenvalue weighted by Gasteiger charge is 2.47. The minimum absolute atomic E-state index is 0.0928. The summed E-state index contributed by atoms with van der Waals surface area (Å²) in [7, 11) is 0. The predicted molar refractivity (Wildman–Crippen MR) is 91.5 cm³/mol. The van der Waals surface area contributed by atoms with E-state index in [4.69, 9.17) is 4.74 Å². The summed E-state index contributed by atoms with van der Waals surface area (Å²) in [5.41, 5.74) is 0.918. The lowest BCUT2D eigenvalue weighted by Gasteiger charge is -2.26. The molecule has 0 aromatic heterocycles. The standard InChI is InChI=1S/C18H16BrNO4/c19-14-6-7-15-13(10-14)8-9-18(15,16(21)22)20-17(23)24-11-12-4-2-1-3-5-12/h1-7,10H,8-9,11H2,(H,20,23)(H,21,22). The number of halogens is 1. The molecule has 0 bridgehead atoms. The van der Waals surface area contributed by atoms with E-state index in [9.17, 15) is 14.7 Å². The van der Waals surface area contributed by atoms with Gasteiger partial charge in [0.2, 0.25) is 0 Å². The van der Waals surface area contributed by atoms with Crippen LogP contribution in [-0.2, 0) is 28.1 Å². The molecular formula is C18H16BrNO4. The van der Waals surface area contributed by atoms with Crippen molar-refractivity contribution < 1.29 is 19.4 Å². The molecule has 0 spiro atoms. The van der Waals surface area contributed by atoms with E-state index in [0.717, 1.165) is 15.6 Å². The van der Waals surface area contributed by atoms with Gasteiger partial charge in [-0.05, 0) is 41.7 Å². The van der Waals surface area contributed by atoms with Crippen LogP contribution in [0.5, 0.6) is 0 Å². The van der Waals surface area contributed by atoms with Crippen molar-refractivity contribution in [2.24, 2.45) is 0 Å². The van der Waals surface area contributed by atoms with Crippen molar-refractivity contribution in [3.63, 3.8) is 0 Å². The van der Waals surface area contributed by atoms with Gasteiger partial charge in [0.05, 0.1) is 0 Å². The van der Waals surface area contributed by atoms with E-state index in [1.165, 1.54) is 0 Å². The largest absolute Gasteiger partial charge is 0.479 e. The van der Waals surface area contributed by atoms with Gasteiger partial charge in [0.25, 0.3) is 0 Å². The molecule has 6 heteroatoms. The Balaban J connectivity index is 1.76. The minimum atomic E-state index is -1.44. The zero-order valence-corrected chi connectivity index (χ0v) is 14.4. The molecule has 24 heavy (non-hydrogen) atoms. The number of amides is 1. The van der Waals surface area contributed by atoms with Gasteiger partial charge < -0.3 is 15.2 Å². The molecule has 124 valence electrons. The summed E-state index contributed by atoms with van der Waals surface area (Å²) in [5.74, 6) is -1.08. The molecule has 2 N–H and O–H groups in total. The quantitative estimate of drug-likeness (QED) is 0.837. The topological polar surface area (TPSA) is 75.6 Å². The lowest BCUT2D eigenvalue weighted by Crippen LogP contribution is -2.50. The number of aliphatic carboxylic acids is 1. The number of carboxylic acids is 1. The molecular weight excluding hydrogens is 374 g/mol. The molecule has 0 fully saturated rings. The van der Waals surface area contributed by atoms with E-state index >= 15 is 0 Å². The first-order valence-corrected chi connectivity index (χ1v) is 8.32. The molecule has 2 aromatic carbocycles. The lowest BCUT2D eigenvalue weighted by atomic mass is 9.92. The molecule has 1 aliphatic carbocycles. The van der Waals surface area contributed by atoms with Crippen molar-refractivity contribution in [3.05, 3.63) is 69.7 Å². The fraction of sp³-hybridized carbons (Fsp3) is 0.222. The Labute approximate surface area is 147 Å². The number of rotatable bonds is 4. The highest BCUT2D eigenvalue weighted by molar-refractivity contribution is 9.10. The third-order valence-electron chi connectivity index (χ3n) is 4.19. The van der Waals surface area contributed by atoms with E-state index in [-0.39, 0.29) is 6.61 Å². The highest BCUT2D eigenvalue weighted by Crippen LogP contribution is 2.38. The van der Waals surface area contributed by atoms with Gasteiger partial charge in [-0.25, -0.2) is 9.59 Å². The number of aryl methyl sites for hydroxylation is 1. The monoisotopic (exact) mass is 389 g/mol. The average Bonchev–Trinajstić information content (AvgIpc) is 2.93. The van der Waals surface area contributed by atoms with Crippen LogP contribution in [0.2, 0.25) is 0 Å². The van der Waals surface area contributed by atoms with Gasteiger partial charge in [0, 0.05) is 4.47 Å². The van der Waals surface area contributed by atoms with Gasteiger partial charge >= 0.3 is 12.1 Å². The normalized spacial score (nSPS) is 18.7. The van der Waals surface area contributed by atoms with Crippen LogP contribution in [0, 0.1) is 0 Å². The fourth-order valence-corrected chi connectivity index (χ4v) is 3.39. The van der Waals surface area contributed by atoms with Crippen molar-refractivity contribution in [1.82, 2.24) is 5.32 Å². The fourth-order valence-electron chi connectivity index (χ4n) is 2.98. The molecule has 0 radical (unpaired) electrons. The van der Waals surface area contributed by atoms with E-state index < -0.39 is 17.6 Å². The number of carbonyl (C=O) groups is 2. The maximum atomic E-state index is 12.2. The highest BCUT2D eigenvalue weighted by atomic mass is 79.9. The van der Waals surface area contributed by atoms with E-state index in [2.05, 4.69) is 21.2 Å². The van der Waals surface area contributed by atoms with Gasteiger partial charge in [-0.1, -0.05) is 52.3 Å². The van der Waals surface area contributed by atoms with Crippen LogP contribution in [-0.4, -0.2) is 17.2 Å². The Bertz CT molecular complexity index is 778. The molecule has 1 unspecified atom stereocenters. The van der Waals surface area contributed by atoms with Gasteiger partial charge in [0.15, 0.2) is 5.54 Å². The van der Waals surface area contributed by atoms with Crippen molar-refractivity contribution >= 4 is 28.0 Å². The molecule has 0 heterocycles. The van der Waals surface area contributed by atoms with E-state index in [1.807, 2.05) is 36.4 Å². The van der Waals surface area contributed by atoms with E-state index in [0.29, 0.717) is 18.4 Å². The number of carbonyl (C=O) groups excluding carboxylic acids is 1. The summed E-state index contributed by atoms with van der Waals surface area (Å²) < 4.78 is 6.06. The minimum Gasteiger partial charge on any atom is -0.479 e. The molecule has 1 amide bonds. The second kappa shape index (κ2) is 6.65. The summed E-state index contributed by atoms with van der Waals surface area (Å²) in [4.78, 5) is 24.1. The van der Waals surface area contributed by atoms with Crippen LogP contribution in [0.25, 0.3) is 0 Å².